The molecule has 0 saturated heterocycles. The number of benzene rings is 2. The molecule has 1 unspecified atom stereocenters. The van der Waals surface area contributed by atoms with E-state index in [4.69, 9.17) is 18.9 Å². The SMILES string of the molecule is CCCCCN1C(=O)C2(COc3cc4c(cc32)OCO4)c2c(-c3cnc(OC)nc3)cccc21. The summed E-state index contributed by atoms with van der Waals surface area (Å²) in [6.45, 7) is 3.19. The van der Waals surface area contributed by atoms with Crippen LogP contribution in [0.25, 0.3) is 11.1 Å². The molecule has 0 radical (unpaired) electrons. The summed E-state index contributed by atoms with van der Waals surface area (Å²) in [7, 11) is 1.54. The minimum absolute atomic E-state index is 0.0260. The lowest BCUT2D eigenvalue weighted by molar-refractivity contribution is -0.122. The highest BCUT2D eigenvalue weighted by atomic mass is 16.7. The van der Waals surface area contributed by atoms with Gasteiger partial charge in [0.25, 0.3) is 0 Å². The number of aromatic nitrogens is 2. The van der Waals surface area contributed by atoms with Crippen molar-refractivity contribution in [1.82, 2.24) is 9.97 Å². The van der Waals surface area contributed by atoms with Gasteiger partial charge in [-0.2, -0.15) is 0 Å². The molecule has 8 nitrogen and oxygen atoms in total. The van der Waals surface area contributed by atoms with Crippen molar-refractivity contribution in [1.29, 1.82) is 0 Å². The van der Waals surface area contributed by atoms with E-state index < -0.39 is 5.41 Å². The Kier molecular flexibility index (Phi) is 4.83. The normalized spacial score (nSPS) is 19.4. The van der Waals surface area contributed by atoms with E-state index in [9.17, 15) is 4.79 Å². The van der Waals surface area contributed by atoms with Gasteiger partial charge in [0.15, 0.2) is 11.5 Å². The van der Waals surface area contributed by atoms with Crippen LogP contribution >= 0.6 is 0 Å². The van der Waals surface area contributed by atoms with Crippen LogP contribution in [0.3, 0.4) is 0 Å². The number of methoxy groups -OCH3 is 1. The Labute approximate surface area is 197 Å². The zero-order valence-corrected chi connectivity index (χ0v) is 19.2. The van der Waals surface area contributed by atoms with Gasteiger partial charge >= 0.3 is 6.01 Å². The van der Waals surface area contributed by atoms with Crippen molar-refractivity contribution in [2.75, 3.05) is 32.0 Å². The quantitative estimate of drug-likeness (QED) is 0.513. The predicted molar refractivity (Wildman–Crippen MR) is 125 cm³/mol. The number of carbonyl (C=O) groups is 1. The maximum atomic E-state index is 14.3. The molecule has 3 aromatic rings. The summed E-state index contributed by atoms with van der Waals surface area (Å²) in [5.74, 6) is 1.95. The van der Waals surface area contributed by atoms with Gasteiger partial charge in [-0.1, -0.05) is 31.9 Å². The summed E-state index contributed by atoms with van der Waals surface area (Å²) >= 11 is 0. The molecule has 1 atom stereocenters. The Bertz CT molecular complexity index is 1280. The van der Waals surface area contributed by atoms with Gasteiger partial charge < -0.3 is 23.8 Å². The summed E-state index contributed by atoms with van der Waals surface area (Å²) in [6, 6.07) is 10.0. The first-order valence-corrected chi connectivity index (χ1v) is 11.6. The Morgan fingerprint density at radius 2 is 1.85 bits per heavy atom. The summed E-state index contributed by atoms with van der Waals surface area (Å²) in [5.41, 5.74) is 3.37. The van der Waals surface area contributed by atoms with E-state index in [0.29, 0.717) is 29.8 Å². The fraction of sp³-hybridized carbons (Fsp3) is 0.346. The standard InChI is InChI=1S/C26H25N3O5/c1-3-4-5-9-29-19-8-6-7-17(16-12-27-25(31-2)28-13-16)23(19)26(24(29)30)14-32-20-11-22-21(10-18(20)26)33-15-34-22/h6-8,10-13H,3-5,9,14-15H2,1-2H3. The lowest BCUT2D eigenvalue weighted by Crippen LogP contribution is -2.43. The summed E-state index contributed by atoms with van der Waals surface area (Å²) < 4.78 is 22.5. The van der Waals surface area contributed by atoms with Crippen LogP contribution in [0.5, 0.6) is 23.3 Å². The second-order valence-electron chi connectivity index (χ2n) is 8.72. The highest BCUT2D eigenvalue weighted by Gasteiger charge is 2.58. The number of fused-ring (bicyclic) bond motifs is 5. The van der Waals surface area contributed by atoms with Crippen LogP contribution in [-0.4, -0.2) is 42.9 Å². The molecule has 6 rings (SSSR count). The Balaban J connectivity index is 1.56. The molecule has 1 spiro atoms. The maximum absolute atomic E-state index is 14.3. The monoisotopic (exact) mass is 459 g/mol. The number of anilines is 1. The van der Waals surface area contributed by atoms with Crippen LogP contribution in [0.4, 0.5) is 5.69 Å². The predicted octanol–water partition coefficient (Wildman–Crippen LogP) is 4.10. The average molecular weight is 460 g/mol. The minimum atomic E-state index is -0.978. The van der Waals surface area contributed by atoms with Crippen molar-refractivity contribution >= 4 is 11.6 Å². The van der Waals surface area contributed by atoms with Crippen LogP contribution in [0.15, 0.2) is 42.7 Å². The molecule has 2 aromatic carbocycles. The first-order chi connectivity index (χ1) is 16.7. The van der Waals surface area contributed by atoms with E-state index in [0.717, 1.165) is 47.2 Å². The molecule has 0 N–H and O–H groups in total. The fourth-order valence-corrected chi connectivity index (χ4v) is 5.23. The highest BCUT2D eigenvalue weighted by molar-refractivity contribution is 6.13. The number of unbranched alkanes of at least 4 members (excludes halogenated alkanes) is 2. The zero-order chi connectivity index (χ0) is 23.3. The van der Waals surface area contributed by atoms with Gasteiger partial charge in [-0.15, -0.1) is 0 Å². The van der Waals surface area contributed by atoms with Crippen molar-refractivity contribution < 1.29 is 23.7 Å². The third-order valence-corrected chi connectivity index (χ3v) is 6.86. The molecule has 0 aliphatic carbocycles. The van der Waals surface area contributed by atoms with Crippen molar-refractivity contribution in [3.63, 3.8) is 0 Å². The molecular formula is C26H25N3O5. The van der Waals surface area contributed by atoms with Gasteiger partial charge in [-0.3, -0.25) is 4.79 Å². The summed E-state index contributed by atoms with van der Waals surface area (Å²) in [4.78, 5) is 24.8. The first kappa shape index (κ1) is 20.8. The number of rotatable bonds is 6. The first-order valence-electron chi connectivity index (χ1n) is 11.6. The molecule has 8 heteroatoms. The molecule has 3 aliphatic heterocycles. The van der Waals surface area contributed by atoms with Gasteiger partial charge in [0.05, 0.1) is 7.11 Å². The van der Waals surface area contributed by atoms with Gasteiger partial charge in [0.2, 0.25) is 12.7 Å². The van der Waals surface area contributed by atoms with Gasteiger partial charge in [-0.25, -0.2) is 9.97 Å². The van der Waals surface area contributed by atoms with Gasteiger partial charge in [0, 0.05) is 47.4 Å². The molecule has 1 amide bonds. The van der Waals surface area contributed by atoms with Crippen LogP contribution in [0, 0.1) is 0 Å². The lowest BCUT2D eigenvalue weighted by Gasteiger charge is -2.24. The lowest BCUT2D eigenvalue weighted by atomic mass is 9.74. The van der Waals surface area contributed by atoms with Crippen LogP contribution in [0.2, 0.25) is 0 Å². The molecule has 34 heavy (non-hydrogen) atoms. The van der Waals surface area contributed by atoms with E-state index >= 15 is 0 Å². The number of carbonyl (C=O) groups excluding carboxylic acids is 1. The fourth-order valence-electron chi connectivity index (χ4n) is 5.23. The number of nitrogens with zero attached hydrogens (tertiary/aromatic N) is 3. The van der Waals surface area contributed by atoms with E-state index in [2.05, 4.69) is 16.9 Å². The van der Waals surface area contributed by atoms with Gasteiger partial charge in [0.1, 0.15) is 17.8 Å². The molecule has 0 bridgehead atoms. The maximum Gasteiger partial charge on any atom is 0.316 e. The zero-order valence-electron chi connectivity index (χ0n) is 19.2. The number of ether oxygens (including phenoxy) is 4. The van der Waals surface area contributed by atoms with E-state index in [1.54, 1.807) is 12.4 Å². The van der Waals surface area contributed by atoms with Crippen molar-refractivity contribution in [3.8, 4) is 34.4 Å². The Morgan fingerprint density at radius 3 is 2.62 bits per heavy atom. The van der Waals surface area contributed by atoms with Crippen LogP contribution in [0.1, 0.15) is 37.3 Å². The molecule has 0 saturated carbocycles. The van der Waals surface area contributed by atoms with E-state index in [1.165, 1.54) is 7.11 Å². The smallest absolute Gasteiger partial charge is 0.316 e. The second-order valence-corrected chi connectivity index (χ2v) is 8.72. The molecular weight excluding hydrogens is 434 g/mol. The van der Waals surface area contributed by atoms with Crippen molar-refractivity contribution in [2.45, 2.75) is 31.6 Å². The number of hydrogen-bond acceptors (Lipinski definition) is 7. The van der Waals surface area contributed by atoms with E-state index in [1.807, 2.05) is 35.2 Å². The number of amides is 1. The molecule has 4 heterocycles. The minimum Gasteiger partial charge on any atom is -0.491 e. The van der Waals surface area contributed by atoms with E-state index in [-0.39, 0.29) is 19.3 Å². The summed E-state index contributed by atoms with van der Waals surface area (Å²) in [6.07, 6.45) is 6.54. The third kappa shape index (κ3) is 2.87. The largest absolute Gasteiger partial charge is 0.491 e. The average Bonchev–Trinajstić information content (AvgIpc) is 3.55. The third-order valence-electron chi connectivity index (χ3n) is 6.86. The summed E-state index contributed by atoms with van der Waals surface area (Å²) in [5, 5.41) is 0. The molecule has 3 aliphatic rings. The Morgan fingerprint density at radius 1 is 1.06 bits per heavy atom. The highest BCUT2D eigenvalue weighted by Crippen LogP contribution is 2.57. The number of hydrogen-bond donors (Lipinski definition) is 0. The Hall–Kier alpha value is -3.81. The van der Waals surface area contributed by atoms with Crippen LogP contribution < -0.4 is 23.8 Å². The molecule has 1 aromatic heterocycles. The molecule has 174 valence electrons. The van der Waals surface area contributed by atoms with Crippen molar-refractivity contribution in [2.24, 2.45) is 0 Å². The van der Waals surface area contributed by atoms with Crippen molar-refractivity contribution in [3.05, 3.63) is 53.9 Å². The van der Waals surface area contributed by atoms with Crippen LogP contribution in [-0.2, 0) is 10.2 Å². The topological polar surface area (TPSA) is 83.0 Å². The van der Waals surface area contributed by atoms with Gasteiger partial charge in [-0.05, 0) is 24.1 Å². The molecule has 0 fully saturated rings. The second kappa shape index (κ2) is 7.90.